The van der Waals surface area contributed by atoms with Gasteiger partial charge in [-0.05, 0) is 31.1 Å². The van der Waals surface area contributed by atoms with Crippen LogP contribution in [0, 0.1) is 0 Å². The summed E-state index contributed by atoms with van der Waals surface area (Å²) in [5.41, 5.74) is 8.28. The van der Waals surface area contributed by atoms with Crippen LogP contribution in [0.5, 0.6) is 0 Å². The fraction of sp³-hybridized carbons (Fsp3) is 0.833. The van der Waals surface area contributed by atoms with Crippen molar-refractivity contribution in [3.63, 3.8) is 0 Å². The van der Waals surface area contributed by atoms with Gasteiger partial charge in [0.25, 0.3) is 0 Å². The molecule has 0 saturated carbocycles. The van der Waals surface area contributed by atoms with E-state index < -0.39 is 0 Å². The van der Waals surface area contributed by atoms with Crippen molar-refractivity contribution in [1.29, 1.82) is 0 Å². The third-order valence-electron chi connectivity index (χ3n) is 1.89. The van der Waals surface area contributed by atoms with Gasteiger partial charge in [-0.3, -0.25) is 0 Å². The Bertz CT molecular complexity index is 234. The van der Waals surface area contributed by atoms with Crippen molar-refractivity contribution in [3.05, 3.63) is 10.4 Å². The zero-order chi connectivity index (χ0) is 9.14. The predicted molar refractivity (Wildman–Crippen MR) is 50.5 cm³/mol. The first-order chi connectivity index (χ1) is 5.65. The Balaban J connectivity index is 2.72. The van der Waals surface area contributed by atoms with Crippen LogP contribution in [0.25, 0.3) is 10.4 Å². The van der Waals surface area contributed by atoms with Crippen LogP contribution < -0.4 is 5.32 Å². The molecule has 0 bridgehead atoms. The van der Waals surface area contributed by atoms with Gasteiger partial charge in [-0.1, -0.05) is 5.11 Å². The Morgan fingerprint density at radius 2 is 2.50 bits per heavy atom. The van der Waals surface area contributed by atoms with Crippen molar-refractivity contribution >= 4 is 17.3 Å². The molecule has 6 heteroatoms. The van der Waals surface area contributed by atoms with Crippen molar-refractivity contribution in [3.8, 4) is 0 Å². The molecule has 1 aliphatic rings. The van der Waals surface area contributed by atoms with Gasteiger partial charge in [0.15, 0.2) is 5.11 Å². The molecule has 66 valence electrons. The molecular weight excluding hydrogens is 174 g/mol. The SMILES string of the molecule is C[C@H]1C[C@H](N=[N+]=[N-])N(C)C(=S)N1. The highest BCUT2D eigenvalue weighted by Gasteiger charge is 2.24. The van der Waals surface area contributed by atoms with Crippen molar-refractivity contribution in [2.45, 2.75) is 25.6 Å². The lowest BCUT2D eigenvalue weighted by Crippen LogP contribution is -2.53. The minimum Gasteiger partial charge on any atom is -0.360 e. The molecule has 0 unspecified atom stereocenters. The number of nitrogens with zero attached hydrogens (tertiary/aromatic N) is 4. The molecule has 2 atom stereocenters. The second kappa shape index (κ2) is 3.60. The average molecular weight is 185 g/mol. The molecule has 0 aliphatic carbocycles. The Morgan fingerprint density at radius 1 is 1.83 bits per heavy atom. The summed E-state index contributed by atoms with van der Waals surface area (Å²) in [5, 5.41) is 7.38. The minimum atomic E-state index is -0.140. The standard InChI is InChI=1S/C6H11N5S/c1-4-3-5(9-10-7)11(2)6(12)8-4/h4-5H,3H2,1-2H3,(H,8,12)/t4-,5+/m0/s1. The van der Waals surface area contributed by atoms with Crippen LogP contribution in [0.4, 0.5) is 0 Å². The molecule has 1 aliphatic heterocycles. The second-order valence-corrected chi connectivity index (χ2v) is 3.27. The minimum absolute atomic E-state index is 0.140. The summed E-state index contributed by atoms with van der Waals surface area (Å²) in [7, 11) is 1.82. The first-order valence-electron chi connectivity index (χ1n) is 3.72. The number of nitrogens with one attached hydrogen (secondary N) is 1. The highest BCUT2D eigenvalue weighted by molar-refractivity contribution is 7.80. The van der Waals surface area contributed by atoms with E-state index in [9.17, 15) is 0 Å². The topological polar surface area (TPSA) is 64.0 Å². The second-order valence-electron chi connectivity index (χ2n) is 2.88. The number of thiocarbonyl (C=S) groups is 1. The molecule has 5 nitrogen and oxygen atoms in total. The van der Waals surface area contributed by atoms with Gasteiger partial charge < -0.3 is 10.2 Å². The van der Waals surface area contributed by atoms with E-state index in [1.807, 2.05) is 14.0 Å². The molecule has 1 fully saturated rings. The number of rotatable bonds is 1. The van der Waals surface area contributed by atoms with E-state index >= 15 is 0 Å². The summed E-state index contributed by atoms with van der Waals surface area (Å²) >= 11 is 5.03. The lowest BCUT2D eigenvalue weighted by molar-refractivity contribution is 0.288. The average Bonchev–Trinajstić information content (AvgIpc) is 2.00. The van der Waals surface area contributed by atoms with Crippen LogP contribution in [0.15, 0.2) is 5.11 Å². The molecule has 12 heavy (non-hydrogen) atoms. The van der Waals surface area contributed by atoms with Gasteiger partial charge in [0.2, 0.25) is 0 Å². The Labute approximate surface area is 76.4 Å². The van der Waals surface area contributed by atoms with Crippen LogP contribution in [0.1, 0.15) is 13.3 Å². The van der Waals surface area contributed by atoms with Crippen LogP contribution in [0.2, 0.25) is 0 Å². The van der Waals surface area contributed by atoms with E-state index in [0.29, 0.717) is 5.11 Å². The van der Waals surface area contributed by atoms with Gasteiger partial charge >= 0.3 is 0 Å². The van der Waals surface area contributed by atoms with Crippen molar-refractivity contribution in [2.75, 3.05) is 7.05 Å². The molecule has 0 aromatic rings. The van der Waals surface area contributed by atoms with Crippen molar-refractivity contribution in [2.24, 2.45) is 5.11 Å². The van der Waals surface area contributed by atoms with Crippen LogP contribution in [-0.4, -0.2) is 29.3 Å². The zero-order valence-corrected chi connectivity index (χ0v) is 7.88. The van der Waals surface area contributed by atoms with E-state index in [1.54, 1.807) is 4.90 Å². The van der Waals surface area contributed by atoms with E-state index in [2.05, 4.69) is 15.3 Å². The smallest absolute Gasteiger partial charge is 0.169 e. The molecule has 1 N–H and O–H groups in total. The van der Waals surface area contributed by atoms with E-state index in [1.165, 1.54) is 0 Å². The quantitative estimate of drug-likeness (QED) is 0.289. The summed E-state index contributed by atoms with van der Waals surface area (Å²) in [5.74, 6) is 0. The van der Waals surface area contributed by atoms with E-state index in [4.69, 9.17) is 17.7 Å². The van der Waals surface area contributed by atoms with Gasteiger partial charge in [0.05, 0.1) is 0 Å². The van der Waals surface area contributed by atoms with Crippen molar-refractivity contribution < 1.29 is 0 Å². The molecule has 0 amide bonds. The van der Waals surface area contributed by atoms with Gasteiger partial charge in [0.1, 0.15) is 6.17 Å². The lowest BCUT2D eigenvalue weighted by atomic mass is 10.1. The summed E-state index contributed by atoms with van der Waals surface area (Å²) < 4.78 is 0. The predicted octanol–water partition coefficient (Wildman–Crippen LogP) is 1.22. The van der Waals surface area contributed by atoms with E-state index in [0.717, 1.165) is 6.42 Å². The molecule has 1 saturated heterocycles. The maximum absolute atomic E-state index is 8.28. The lowest BCUT2D eigenvalue weighted by Gasteiger charge is -2.35. The maximum atomic E-state index is 8.28. The van der Waals surface area contributed by atoms with Crippen LogP contribution >= 0.6 is 12.2 Å². The van der Waals surface area contributed by atoms with Gasteiger partial charge in [-0.2, -0.15) is 0 Å². The normalized spacial score (nSPS) is 29.2. The van der Waals surface area contributed by atoms with Gasteiger partial charge in [0, 0.05) is 18.0 Å². The molecule has 0 aromatic carbocycles. The molecule has 1 rings (SSSR count). The molecule has 1 heterocycles. The molecule has 0 spiro atoms. The first kappa shape index (κ1) is 9.09. The van der Waals surface area contributed by atoms with Gasteiger partial charge in [-0.25, -0.2) is 0 Å². The number of hydrogen-bond acceptors (Lipinski definition) is 2. The van der Waals surface area contributed by atoms with Crippen LogP contribution in [0.3, 0.4) is 0 Å². The summed E-state index contributed by atoms with van der Waals surface area (Å²) in [6.07, 6.45) is 0.652. The largest absolute Gasteiger partial charge is 0.360 e. The summed E-state index contributed by atoms with van der Waals surface area (Å²) in [4.78, 5) is 4.55. The Kier molecular flexibility index (Phi) is 2.73. The fourth-order valence-electron chi connectivity index (χ4n) is 1.17. The Morgan fingerprint density at radius 3 is 3.08 bits per heavy atom. The monoisotopic (exact) mass is 185 g/mol. The van der Waals surface area contributed by atoms with Crippen molar-refractivity contribution in [1.82, 2.24) is 10.2 Å². The molecule has 0 radical (unpaired) electrons. The maximum Gasteiger partial charge on any atom is 0.169 e. The third-order valence-corrected chi connectivity index (χ3v) is 2.29. The fourth-order valence-corrected chi connectivity index (χ4v) is 1.49. The molecule has 0 aromatic heterocycles. The summed E-state index contributed by atoms with van der Waals surface area (Å²) in [6.45, 7) is 2.01. The highest BCUT2D eigenvalue weighted by Crippen LogP contribution is 2.13. The summed E-state index contributed by atoms with van der Waals surface area (Å²) in [6, 6.07) is 0.282. The van der Waals surface area contributed by atoms with Gasteiger partial charge in [-0.15, -0.1) is 0 Å². The number of azide groups is 1. The Hall–Kier alpha value is -1.00. The van der Waals surface area contributed by atoms with E-state index in [-0.39, 0.29) is 12.2 Å². The van der Waals surface area contributed by atoms with Crippen LogP contribution in [-0.2, 0) is 0 Å². The highest BCUT2D eigenvalue weighted by atomic mass is 32.1. The third kappa shape index (κ3) is 1.78. The first-order valence-corrected chi connectivity index (χ1v) is 4.13. The molecular formula is C6H11N5S. The number of hydrogen-bond donors (Lipinski definition) is 1. The zero-order valence-electron chi connectivity index (χ0n) is 7.06.